The number of benzene rings is 1. The number of hydrogen-bond acceptors (Lipinski definition) is 14. The lowest BCUT2D eigenvalue weighted by Gasteiger charge is -2.36. The number of anilines is 3. The van der Waals surface area contributed by atoms with E-state index in [1.807, 2.05) is 75.8 Å². The second-order valence-electron chi connectivity index (χ2n) is 20.2. The van der Waals surface area contributed by atoms with Gasteiger partial charge in [-0.15, -0.1) is 11.3 Å². The van der Waals surface area contributed by atoms with Crippen molar-refractivity contribution in [1.29, 1.82) is 0 Å². The van der Waals surface area contributed by atoms with E-state index < -0.39 is 23.6 Å². The third-order valence-corrected chi connectivity index (χ3v) is 15.0. The van der Waals surface area contributed by atoms with Gasteiger partial charge in [0.15, 0.2) is 5.78 Å². The summed E-state index contributed by atoms with van der Waals surface area (Å²) in [5.74, 6) is -0.240. The van der Waals surface area contributed by atoms with Crippen LogP contribution in [0, 0.1) is 19.3 Å². The number of likely N-dealkylation sites (tertiary alicyclic amines) is 1. The molecule has 1 saturated carbocycles. The Morgan fingerprint density at radius 1 is 0.914 bits per heavy atom. The number of carbonyl (C=O) groups is 4. The molecule has 5 aromatic rings. The van der Waals surface area contributed by atoms with E-state index in [0.29, 0.717) is 34.8 Å². The fraction of sp³-hybridized carbons (Fsp3) is 0.519. The summed E-state index contributed by atoms with van der Waals surface area (Å²) in [6.45, 7) is 15.6. The molecule has 3 aliphatic rings. The van der Waals surface area contributed by atoms with Crippen molar-refractivity contribution in [2.24, 2.45) is 5.41 Å². The number of pyridine rings is 2. The first-order valence-electron chi connectivity index (χ1n) is 24.7. The van der Waals surface area contributed by atoms with Crippen LogP contribution in [0.1, 0.15) is 119 Å². The van der Waals surface area contributed by atoms with Crippen LogP contribution in [0.15, 0.2) is 59.1 Å². The Hall–Kier alpha value is -6.11. The van der Waals surface area contributed by atoms with Gasteiger partial charge < -0.3 is 30.9 Å². The van der Waals surface area contributed by atoms with Crippen LogP contribution in [0.2, 0.25) is 0 Å². The maximum Gasteiger partial charge on any atom is 0.263 e. The molecule has 1 aliphatic carbocycles. The van der Waals surface area contributed by atoms with Crippen molar-refractivity contribution in [2.75, 3.05) is 49.5 Å². The molecule has 1 unspecified atom stereocenters. The predicted octanol–water partition coefficient (Wildman–Crippen LogP) is 6.48. The van der Waals surface area contributed by atoms with E-state index in [4.69, 9.17) is 4.98 Å². The van der Waals surface area contributed by atoms with Gasteiger partial charge in [-0.25, -0.2) is 15.0 Å². The van der Waals surface area contributed by atoms with Crippen LogP contribution in [0.5, 0.6) is 0 Å². The number of thiazole rings is 1. The molecule has 6 heterocycles. The number of aliphatic hydroxyl groups excluding tert-OH is 1. The molecule has 3 amide bonds. The number of rotatable bonds is 17. The fourth-order valence-corrected chi connectivity index (χ4v) is 10.9. The van der Waals surface area contributed by atoms with Gasteiger partial charge >= 0.3 is 0 Å². The Kier molecular flexibility index (Phi) is 15.7. The Morgan fingerprint density at radius 2 is 1.66 bits per heavy atom. The van der Waals surface area contributed by atoms with Gasteiger partial charge in [0.2, 0.25) is 23.7 Å². The standard InChI is InChI=1S/C52H67N11O6S/c1-32-40-29-55-51(59-47(40)63(37-12-9-10-13-37)49(68)44(32)34(3)64)57-42-20-19-38(28-53-42)61-24-22-60(23-25-61)21-11-7-8-14-43(66)58-46(52(4,5)6)50(69)62-30-39(65)26-41(62)48(67)54-27-35-15-17-36(18-16-35)45-33(2)56-31-70-45/h15-20,28-29,31,37,39,41,46,65H,7-14,21-27,30H2,1-6H3,(H,54,67)(H,58,66)(H,53,55,57,59)/t39-,41+,46?/m1/s1. The monoisotopic (exact) mass is 973 g/mol. The first-order valence-corrected chi connectivity index (χ1v) is 25.6. The van der Waals surface area contributed by atoms with E-state index in [1.54, 1.807) is 29.0 Å². The summed E-state index contributed by atoms with van der Waals surface area (Å²) in [4.78, 5) is 92.6. The van der Waals surface area contributed by atoms with E-state index in [0.717, 1.165) is 98.6 Å². The van der Waals surface area contributed by atoms with E-state index in [-0.39, 0.29) is 66.6 Å². The molecule has 0 bridgehead atoms. The van der Waals surface area contributed by atoms with Crippen LogP contribution >= 0.6 is 11.3 Å². The highest BCUT2D eigenvalue weighted by Gasteiger charge is 2.44. The Labute approximate surface area is 413 Å². The molecule has 1 aromatic carbocycles. The molecule has 2 aliphatic heterocycles. The number of hydrogen-bond donors (Lipinski definition) is 4. The number of piperazine rings is 1. The van der Waals surface area contributed by atoms with E-state index in [2.05, 4.69) is 40.7 Å². The lowest BCUT2D eigenvalue weighted by Crippen LogP contribution is -2.57. The highest BCUT2D eigenvalue weighted by Crippen LogP contribution is 2.33. The Morgan fingerprint density at radius 3 is 2.31 bits per heavy atom. The van der Waals surface area contributed by atoms with Crippen LogP contribution < -0.4 is 26.4 Å². The summed E-state index contributed by atoms with van der Waals surface area (Å²) in [6.07, 6.45) is 9.42. The number of carbonyl (C=O) groups excluding carboxylic acids is 4. The SMILES string of the molecule is CC(=O)c1c(C)c2cnc(Nc3ccc(N4CCN(CCCCCC(=O)NC(C(=O)N5C[C@H](O)C[C@H]5C(=O)NCc5ccc(-c6scnc6C)cc5)C(C)(C)C)CC4)cn3)nc2n(C2CCCC2)c1=O. The third kappa shape index (κ3) is 11.6. The van der Waals surface area contributed by atoms with Gasteiger partial charge in [-0.2, -0.15) is 4.98 Å². The number of ketones is 1. The summed E-state index contributed by atoms with van der Waals surface area (Å²) in [6, 6.07) is 10.2. The van der Waals surface area contributed by atoms with Gasteiger partial charge in [-0.1, -0.05) is 64.3 Å². The summed E-state index contributed by atoms with van der Waals surface area (Å²) >= 11 is 1.58. The number of β-amino-alcohol motifs (C(OH)–C–C–N with tert-alkyl or cyclic N) is 1. The van der Waals surface area contributed by atoms with Crippen LogP contribution in [-0.4, -0.2) is 120 Å². The van der Waals surface area contributed by atoms with E-state index in [9.17, 15) is 29.1 Å². The first kappa shape index (κ1) is 50.3. The lowest BCUT2D eigenvalue weighted by atomic mass is 9.85. The highest BCUT2D eigenvalue weighted by molar-refractivity contribution is 7.13. The molecule has 17 nitrogen and oxygen atoms in total. The van der Waals surface area contributed by atoms with Gasteiger partial charge in [0, 0.05) is 69.7 Å². The van der Waals surface area contributed by atoms with Gasteiger partial charge in [-0.3, -0.25) is 33.4 Å². The maximum atomic E-state index is 14.1. The summed E-state index contributed by atoms with van der Waals surface area (Å²) in [7, 11) is 0. The molecule has 2 saturated heterocycles. The van der Waals surface area contributed by atoms with Crippen LogP contribution in [0.4, 0.5) is 17.5 Å². The lowest BCUT2D eigenvalue weighted by molar-refractivity contribution is -0.144. The number of aromatic nitrogens is 5. The Bertz CT molecular complexity index is 2740. The van der Waals surface area contributed by atoms with Crippen molar-refractivity contribution < 1.29 is 24.3 Å². The maximum absolute atomic E-state index is 14.1. The largest absolute Gasteiger partial charge is 0.391 e. The fourth-order valence-electron chi connectivity index (χ4n) is 10.1. The van der Waals surface area contributed by atoms with Crippen LogP contribution in [0.3, 0.4) is 0 Å². The molecular formula is C52H67N11O6S. The minimum absolute atomic E-state index is 0.00212. The molecule has 0 radical (unpaired) electrons. The van der Waals surface area contributed by atoms with E-state index >= 15 is 0 Å². The number of Topliss-reactive ketones (excluding diaryl/α,β-unsaturated/α-hetero) is 1. The predicted molar refractivity (Wildman–Crippen MR) is 272 cm³/mol. The number of amides is 3. The van der Waals surface area contributed by atoms with Gasteiger partial charge in [0.1, 0.15) is 23.5 Å². The van der Waals surface area contributed by atoms with Crippen molar-refractivity contribution in [3.63, 3.8) is 0 Å². The van der Waals surface area contributed by atoms with Crippen LogP contribution in [-0.2, 0) is 20.9 Å². The van der Waals surface area contributed by atoms with Crippen molar-refractivity contribution in [1.82, 2.24) is 44.9 Å². The van der Waals surface area contributed by atoms with Gasteiger partial charge in [0.25, 0.3) is 5.56 Å². The molecule has 4 N–H and O–H groups in total. The molecule has 0 spiro atoms. The molecule has 4 aromatic heterocycles. The summed E-state index contributed by atoms with van der Waals surface area (Å²) in [5.41, 5.74) is 6.23. The minimum atomic E-state index is -0.864. The first-order chi connectivity index (χ1) is 33.5. The number of fused-ring (bicyclic) bond motifs is 1. The summed E-state index contributed by atoms with van der Waals surface area (Å²) < 4.78 is 1.71. The van der Waals surface area contributed by atoms with Crippen LogP contribution in [0.25, 0.3) is 21.5 Å². The zero-order chi connectivity index (χ0) is 49.7. The number of unbranched alkanes of at least 4 members (excludes halogenated alkanes) is 2. The number of aliphatic hydroxyl groups is 1. The number of nitrogens with one attached hydrogen (secondary N) is 3. The molecule has 3 fully saturated rings. The van der Waals surface area contributed by atoms with Crippen molar-refractivity contribution in [2.45, 2.75) is 130 Å². The quantitative estimate of drug-likeness (QED) is 0.0582. The zero-order valence-electron chi connectivity index (χ0n) is 41.3. The van der Waals surface area contributed by atoms with Gasteiger partial charge in [0.05, 0.1) is 39.6 Å². The zero-order valence-corrected chi connectivity index (χ0v) is 42.1. The molecule has 372 valence electrons. The second kappa shape index (κ2) is 21.9. The number of nitrogens with zero attached hydrogens (tertiary/aromatic N) is 8. The molecule has 18 heteroatoms. The number of aryl methyl sites for hydroxylation is 2. The van der Waals surface area contributed by atoms with Gasteiger partial charge in [-0.05, 0) is 87.2 Å². The third-order valence-electron chi connectivity index (χ3n) is 14.1. The van der Waals surface area contributed by atoms with Crippen molar-refractivity contribution in [3.05, 3.63) is 87.0 Å². The average Bonchev–Trinajstić information content (AvgIpc) is 4.12. The highest BCUT2D eigenvalue weighted by atomic mass is 32.1. The molecular weight excluding hydrogens is 907 g/mol. The topological polar surface area (TPSA) is 208 Å². The Balaban J connectivity index is 0.764. The van der Waals surface area contributed by atoms with Crippen molar-refractivity contribution >= 4 is 63.3 Å². The molecule has 3 atom stereocenters. The minimum Gasteiger partial charge on any atom is -0.391 e. The summed E-state index contributed by atoms with van der Waals surface area (Å²) in [5, 5.41) is 20.5. The smallest absolute Gasteiger partial charge is 0.263 e. The second-order valence-corrected chi connectivity index (χ2v) is 21.1. The molecule has 8 rings (SSSR count). The van der Waals surface area contributed by atoms with Crippen molar-refractivity contribution in [3.8, 4) is 10.4 Å². The molecule has 70 heavy (non-hydrogen) atoms. The normalized spacial score (nSPS) is 18.3. The van der Waals surface area contributed by atoms with E-state index in [1.165, 1.54) is 11.8 Å². The average molecular weight is 974 g/mol.